The van der Waals surface area contributed by atoms with Crippen molar-refractivity contribution in [2.24, 2.45) is 0 Å². The van der Waals surface area contributed by atoms with Crippen LogP contribution in [0.4, 0.5) is 0 Å². The van der Waals surface area contributed by atoms with Crippen LogP contribution in [0.2, 0.25) is 0 Å². The van der Waals surface area contributed by atoms with Crippen LogP contribution in [-0.2, 0) is 16.6 Å². The van der Waals surface area contributed by atoms with Crippen LogP contribution in [0, 0.1) is 6.92 Å². The van der Waals surface area contributed by atoms with Crippen molar-refractivity contribution < 1.29 is 8.42 Å². The van der Waals surface area contributed by atoms with Gasteiger partial charge in [0.25, 0.3) is 0 Å². The first kappa shape index (κ1) is 15.6. The summed E-state index contributed by atoms with van der Waals surface area (Å²) in [7, 11) is -2.01. The molecular formula is C18H18N2O2S. The van der Waals surface area contributed by atoms with Crippen molar-refractivity contribution in [3.8, 4) is 0 Å². The standard InChI is InChI=1S/C18H18N2O2S/c1-14-11-16-9-6-10-17(18(16)19-12-14)23(21,22)20(2)13-15-7-4-3-5-8-15/h3-12H,13H2,1-2H3. The molecule has 3 rings (SSSR count). The van der Waals surface area contributed by atoms with Crippen molar-refractivity contribution in [1.29, 1.82) is 0 Å². The quantitative estimate of drug-likeness (QED) is 0.738. The first-order valence-electron chi connectivity index (χ1n) is 7.34. The third-order valence-corrected chi connectivity index (χ3v) is 5.58. The Morgan fingerprint density at radius 3 is 2.52 bits per heavy atom. The minimum absolute atomic E-state index is 0.244. The second kappa shape index (κ2) is 6.10. The fraction of sp³-hybridized carbons (Fsp3) is 0.167. The molecule has 0 spiro atoms. The van der Waals surface area contributed by atoms with Crippen LogP contribution in [-0.4, -0.2) is 24.8 Å². The summed E-state index contributed by atoms with van der Waals surface area (Å²) >= 11 is 0. The maximum Gasteiger partial charge on any atom is 0.245 e. The number of nitrogens with zero attached hydrogens (tertiary/aromatic N) is 2. The Morgan fingerprint density at radius 2 is 1.78 bits per heavy atom. The molecule has 3 aromatic rings. The molecule has 0 bridgehead atoms. The summed E-state index contributed by atoms with van der Waals surface area (Å²) in [4.78, 5) is 4.57. The number of fused-ring (bicyclic) bond motifs is 1. The molecule has 1 heterocycles. The monoisotopic (exact) mass is 326 g/mol. The van der Waals surface area contributed by atoms with Crippen molar-refractivity contribution in [1.82, 2.24) is 9.29 Å². The number of para-hydroxylation sites is 1. The van der Waals surface area contributed by atoms with E-state index in [-0.39, 0.29) is 4.90 Å². The SMILES string of the molecule is Cc1cnc2c(S(=O)(=O)N(C)Cc3ccccc3)cccc2c1. The zero-order chi connectivity index (χ0) is 16.4. The first-order chi connectivity index (χ1) is 11.0. The predicted octanol–water partition coefficient (Wildman–Crippen LogP) is 3.36. The number of benzene rings is 2. The molecule has 0 unspecified atom stereocenters. The average Bonchev–Trinajstić information content (AvgIpc) is 2.54. The van der Waals surface area contributed by atoms with Crippen LogP contribution >= 0.6 is 0 Å². The molecule has 0 amide bonds. The van der Waals surface area contributed by atoms with Gasteiger partial charge in [-0.3, -0.25) is 4.98 Å². The lowest BCUT2D eigenvalue weighted by Gasteiger charge is -2.18. The molecule has 5 heteroatoms. The highest BCUT2D eigenvalue weighted by Gasteiger charge is 2.23. The average molecular weight is 326 g/mol. The normalized spacial score (nSPS) is 12.0. The molecule has 1 aromatic heterocycles. The van der Waals surface area contributed by atoms with Crippen molar-refractivity contribution >= 4 is 20.9 Å². The number of hydrogen-bond donors (Lipinski definition) is 0. The maximum atomic E-state index is 12.9. The zero-order valence-corrected chi connectivity index (χ0v) is 13.9. The van der Waals surface area contributed by atoms with Crippen LogP contribution in [0.25, 0.3) is 10.9 Å². The van der Waals surface area contributed by atoms with E-state index in [1.165, 1.54) is 4.31 Å². The fourth-order valence-electron chi connectivity index (χ4n) is 2.54. The van der Waals surface area contributed by atoms with Gasteiger partial charge in [-0.05, 0) is 30.2 Å². The minimum atomic E-state index is -3.61. The third-order valence-electron chi connectivity index (χ3n) is 3.75. The second-order valence-electron chi connectivity index (χ2n) is 5.59. The molecule has 0 atom stereocenters. The van der Waals surface area contributed by atoms with Gasteiger partial charge >= 0.3 is 0 Å². The largest absolute Gasteiger partial charge is 0.255 e. The van der Waals surface area contributed by atoms with Gasteiger partial charge in [-0.2, -0.15) is 4.31 Å². The molecule has 0 aliphatic heterocycles. The number of pyridine rings is 1. The highest BCUT2D eigenvalue weighted by molar-refractivity contribution is 7.89. The maximum absolute atomic E-state index is 12.9. The summed E-state index contributed by atoms with van der Waals surface area (Å²) in [5.41, 5.74) is 2.46. The van der Waals surface area contributed by atoms with Crippen LogP contribution in [0.5, 0.6) is 0 Å². The van der Waals surface area contributed by atoms with E-state index in [0.29, 0.717) is 12.1 Å². The molecule has 0 fully saturated rings. The van der Waals surface area contributed by atoms with Gasteiger partial charge in [0.2, 0.25) is 10.0 Å². The van der Waals surface area contributed by atoms with Crippen LogP contribution in [0.3, 0.4) is 0 Å². The third kappa shape index (κ3) is 3.11. The van der Waals surface area contributed by atoms with Gasteiger partial charge in [0.15, 0.2) is 0 Å². The molecule has 0 radical (unpaired) electrons. The van der Waals surface area contributed by atoms with E-state index in [0.717, 1.165) is 16.5 Å². The minimum Gasteiger partial charge on any atom is -0.255 e. The fourth-order valence-corrected chi connectivity index (χ4v) is 3.86. The smallest absolute Gasteiger partial charge is 0.245 e. The van der Waals surface area contributed by atoms with Gasteiger partial charge in [-0.25, -0.2) is 8.42 Å². The topological polar surface area (TPSA) is 50.3 Å². The Kier molecular flexibility index (Phi) is 4.15. The number of sulfonamides is 1. The molecule has 118 valence electrons. The van der Waals surface area contributed by atoms with Gasteiger partial charge in [0, 0.05) is 25.2 Å². The van der Waals surface area contributed by atoms with Crippen LogP contribution < -0.4 is 0 Å². The molecule has 23 heavy (non-hydrogen) atoms. The number of hydrogen-bond acceptors (Lipinski definition) is 3. The lowest BCUT2D eigenvalue weighted by atomic mass is 10.2. The number of aryl methyl sites for hydroxylation is 1. The molecule has 0 saturated carbocycles. The van der Waals surface area contributed by atoms with Crippen molar-refractivity contribution in [3.63, 3.8) is 0 Å². The molecule has 0 N–H and O–H groups in total. The number of rotatable bonds is 4. The van der Waals surface area contributed by atoms with Crippen molar-refractivity contribution in [2.75, 3.05) is 7.05 Å². The van der Waals surface area contributed by atoms with E-state index in [9.17, 15) is 8.42 Å². The van der Waals surface area contributed by atoms with Gasteiger partial charge in [0.1, 0.15) is 4.90 Å². The Hall–Kier alpha value is -2.24. The van der Waals surface area contributed by atoms with E-state index in [1.807, 2.05) is 49.4 Å². The van der Waals surface area contributed by atoms with Gasteiger partial charge in [-0.15, -0.1) is 0 Å². The lowest BCUT2D eigenvalue weighted by Crippen LogP contribution is -2.26. The summed E-state index contributed by atoms with van der Waals surface area (Å²) in [6.45, 7) is 2.26. The summed E-state index contributed by atoms with van der Waals surface area (Å²) in [5.74, 6) is 0. The van der Waals surface area contributed by atoms with Crippen molar-refractivity contribution in [3.05, 3.63) is 71.9 Å². The molecule has 2 aromatic carbocycles. The second-order valence-corrected chi connectivity index (χ2v) is 7.60. The molecule has 0 saturated heterocycles. The van der Waals surface area contributed by atoms with Crippen LogP contribution in [0.15, 0.2) is 65.7 Å². The highest BCUT2D eigenvalue weighted by atomic mass is 32.2. The van der Waals surface area contributed by atoms with Crippen molar-refractivity contribution in [2.45, 2.75) is 18.4 Å². The molecule has 0 aliphatic carbocycles. The Bertz CT molecular complexity index is 938. The summed E-state index contributed by atoms with van der Waals surface area (Å²) in [5, 5.41) is 0.833. The Labute approximate surface area is 136 Å². The molecular weight excluding hydrogens is 308 g/mol. The van der Waals surface area contributed by atoms with Crippen LogP contribution in [0.1, 0.15) is 11.1 Å². The summed E-state index contributed by atoms with van der Waals surface area (Å²) in [6.07, 6.45) is 1.69. The lowest BCUT2D eigenvalue weighted by molar-refractivity contribution is 0.467. The first-order valence-corrected chi connectivity index (χ1v) is 8.78. The van der Waals surface area contributed by atoms with E-state index in [4.69, 9.17) is 0 Å². The highest BCUT2D eigenvalue weighted by Crippen LogP contribution is 2.25. The molecule has 0 aliphatic rings. The summed E-state index contributed by atoms with van der Waals surface area (Å²) in [6, 6.07) is 16.7. The van der Waals surface area contributed by atoms with E-state index >= 15 is 0 Å². The Balaban J connectivity index is 2.02. The van der Waals surface area contributed by atoms with Gasteiger partial charge < -0.3 is 0 Å². The Morgan fingerprint density at radius 1 is 1.04 bits per heavy atom. The van der Waals surface area contributed by atoms with Gasteiger partial charge in [-0.1, -0.05) is 42.5 Å². The van der Waals surface area contributed by atoms with E-state index < -0.39 is 10.0 Å². The predicted molar refractivity (Wildman–Crippen MR) is 91.6 cm³/mol. The summed E-state index contributed by atoms with van der Waals surface area (Å²) < 4.78 is 27.2. The van der Waals surface area contributed by atoms with E-state index in [2.05, 4.69) is 4.98 Å². The zero-order valence-electron chi connectivity index (χ0n) is 13.1. The van der Waals surface area contributed by atoms with Gasteiger partial charge in [0.05, 0.1) is 5.52 Å². The van der Waals surface area contributed by atoms with E-state index in [1.54, 1.807) is 25.4 Å². The number of aromatic nitrogens is 1. The molecule has 4 nitrogen and oxygen atoms in total.